The number of carbonyl (C=O) groups excluding carboxylic acids is 1. The summed E-state index contributed by atoms with van der Waals surface area (Å²) in [4.78, 5) is 11.6. The van der Waals surface area contributed by atoms with E-state index in [1.54, 1.807) is 0 Å². The first-order valence-corrected chi connectivity index (χ1v) is 6.08. The van der Waals surface area contributed by atoms with Gasteiger partial charge in [0.15, 0.2) is 0 Å². The number of anilines is 1. The Kier molecular flexibility index (Phi) is 5.95. The molecule has 1 aromatic rings. The highest BCUT2D eigenvalue weighted by molar-refractivity contribution is 5.91. The van der Waals surface area contributed by atoms with Crippen molar-refractivity contribution in [3.63, 3.8) is 0 Å². The maximum absolute atomic E-state index is 13.7. The predicted octanol–water partition coefficient (Wildman–Crippen LogP) is 2.84. The van der Waals surface area contributed by atoms with Crippen molar-refractivity contribution in [2.45, 2.75) is 19.5 Å². The number of alkyl halides is 3. The fourth-order valence-electron chi connectivity index (χ4n) is 1.54. The van der Waals surface area contributed by atoms with Crippen LogP contribution in [-0.2, 0) is 9.47 Å². The van der Waals surface area contributed by atoms with Gasteiger partial charge in [-0.05, 0) is 24.6 Å². The average molecular weight is 309 g/mol. The summed E-state index contributed by atoms with van der Waals surface area (Å²) in [6.07, 6.45) is -4.32. The zero-order chi connectivity index (χ0) is 16.0. The van der Waals surface area contributed by atoms with E-state index in [1.807, 2.05) is 0 Å². The molecule has 4 nitrogen and oxygen atoms in total. The number of ether oxygens (including phenoxy) is 2. The second-order valence-electron chi connectivity index (χ2n) is 4.36. The van der Waals surface area contributed by atoms with E-state index < -0.39 is 24.6 Å². The lowest BCUT2D eigenvalue weighted by Gasteiger charge is -2.09. The second-order valence-corrected chi connectivity index (χ2v) is 4.36. The van der Waals surface area contributed by atoms with Gasteiger partial charge >= 0.3 is 12.1 Å². The van der Waals surface area contributed by atoms with Crippen molar-refractivity contribution in [2.75, 3.05) is 25.6 Å². The molecule has 0 aromatic heterocycles. The monoisotopic (exact) mass is 309 g/mol. The zero-order valence-corrected chi connectivity index (χ0v) is 11.3. The highest BCUT2D eigenvalue weighted by atomic mass is 19.4. The molecule has 0 aliphatic rings. The predicted molar refractivity (Wildman–Crippen MR) is 67.3 cm³/mol. The fourth-order valence-corrected chi connectivity index (χ4v) is 1.54. The van der Waals surface area contributed by atoms with Crippen LogP contribution in [0.1, 0.15) is 22.3 Å². The van der Waals surface area contributed by atoms with Gasteiger partial charge in [0.1, 0.15) is 12.4 Å². The fraction of sp³-hybridized carbons (Fsp3) is 0.462. The third-order valence-electron chi connectivity index (χ3n) is 2.43. The lowest BCUT2D eigenvalue weighted by Crippen LogP contribution is -2.18. The van der Waals surface area contributed by atoms with Crippen LogP contribution in [0.2, 0.25) is 0 Å². The standard InChI is InChI=1S/C13H15F4NO3/c1-8-5-9(18)6-10(11(8)14)12(19)21-4-2-3-20-7-13(15,16)17/h5-6H,2-4,7,18H2,1H3. The third kappa shape index (κ3) is 5.99. The van der Waals surface area contributed by atoms with E-state index in [4.69, 9.17) is 10.5 Å². The van der Waals surface area contributed by atoms with Crippen LogP contribution < -0.4 is 5.73 Å². The molecule has 0 atom stereocenters. The summed E-state index contributed by atoms with van der Waals surface area (Å²) in [5.74, 6) is -1.65. The van der Waals surface area contributed by atoms with Gasteiger partial charge in [-0.25, -0.2) is 9.18 Å². The molecule has 0 aliphatic carbocycles. The first-order chi connectivity index (χ1) is 9.70. The van der Waals surface area contributed by atoms with Gasteiger partial charge < -0.3 is 15.2 Å². The number of hydrogen-bond acceptors (Lipinski definition) is 4. The van der Waals surface area contributed by atoms with Crippen molar-refractivity contribution in [3.05, 3.63) is 29.1 Å². The van der Waals surface area contributed by atoms with Crippen molar-refractivity contribution in [2.24, 2.45) is 0 Å². The Bertz CT molecular complexity index is 503. The highest BCUT2D eigenvalue weighted by Gasteiger charge is 2.27. The van der Waals surface area contributed by atoms with Gasteiger partial charge in [-0.2, -0.15) is 13.2 Å². The topological polar surface area (TPSA) is 61.6 Å². The molecule has 0 saturated heterocycles. The van der Waals surface area contributed by atoms with Gasteiger partial charge in [0.2, 0.25) is 0 Å². The number of benzene rings is 1. The third-order valence-corrected chi connectivity index (χ3v) is 2.43. The Morgan fingerprint density at radius 1 is 1.29 bits per heavy atom. The van der Waals surface area contributed by atoms with Gasteiger partial charge in [0, 0.05) is 12.1 Å². The van der Waals surface area contributed by atoms with Gasteiger partial charge in [0.25, 0.3) is 0 Å². The summed E-state index contributed by atoms with van der Waals surface area (Å²) in [5, 5.41) is 0. The minimum Gasteiger partial charge on any atom is -0.462 e. The van der Waals surface area contributed by atoms with E-state index in [-0.39, 0.29) is 36.4 Å². The van der Waals surface area contributed by atoms with E-state index in [0.717, 1.165) is 6.07 Å². The molecule has 0 bridgehead atoms. The quantitative estimate of drug-likeness (QED) is 0.380. The molecule has 118 valence electrons. The molecule has 0 radical (unpaired) electrons. The molecule has 1 aromatic carbocycles. The highest BCUT2D eigenvalue weighted by Crippen LogP contribution is 2.18. The molecule has 0 spiro atoms. The zero-order valence-electron chi connectivity index (χ0n) is 11.3. The van der Waals surface area contributed by atoms with Crippen LogP contribution >= 0.6 is 0 Å². The Hall–Kier alpha value is -1.83. The van der Waals surface area contributed by atoms with Gasteiger partial charge in [-0.1, -0.05) is 0 Å². The number of carbonyl (C=O) groups is 1. The number of hydrogen-bond donors (Lipinski definition) is 1. The minimum absolute atomic E-state index is 0.0741. The molecular formula is C13H15F4NO3. The normalized spacial score (nSPS) is 11.5. The maximum Gasteiger partial charge on any atom is 0.411 e. The molecule has 0 fully saturated rings. The van der Waals surface area contributed by atoms with E-state index >= 15 is 0 Å². The van der Waals surface area contributed by atoms with Crippen LogP contribution in [0.5, 0.6) is 0 Å². The SMILES string of the molecule is Cc1cc(N)cc(C(=O)OCCCOCC(F)(F)F)c1F. The van der Waals surface area contributed by atoms with Crippen LogP contribution in [0.4, 0.5) is 23.2 Å². The molecule has 21 heavy (non-hydrogen) atoms. The summed E-state index contributed by atoms with van der Waals surface area (Å²) in [5.41, 5.74) is 5.62. The number of nitrogens with two attached hydrogens (primary N) is 1. The van der Waals surface area contributed by atoms with Crippen LogP contribution in [0, 0.1) is 12.7 Å². The lowest BCUT2D eigenvalue weighted by atomic mass is 10.1. The average Bonchev–Trinajstić information content (AvgIpc) is 2.36. The summed E-state index contributed by atoms with van der Waals surface area (Å²) in [7, 11) is 0. The second kappa shape index (κ2) is 7.26. The first kappa shape index (κ1) is 17.2. The number of aryl methyl sites for hydroxylation is 1. The Balaban J connectivity index is 2.38. The largest absolute Gasteiger partial charge is 0.462 e. The van der Waals surface area contributed by atoms with Crippen molar-refractivity contribution < 1.29 is 31.8 Å². The molecule has 0 aliphatic heterocycles. The van der Waals surface area contributed by atoms with E-state index in [9.17, 15) is 22.4 Å². The van der Waals surface area contributed by atoms with Crippen molar-refractivity contribution in [1.29, 1.82) is 0 Å². The minimum atomic E-state index is -4.39. The first-order valence-electron chi connectivity index (χ1n) is 6.08. The molecule has 0 unspecified atom stereocenters. The van der Waals surface area contributed by atoms with Gasteiger partial charge in [-0.3, -0.25) is 0 Å². The van der Waals surface area contributed by atoms with Crippen LogP contribution in [-0.4, -0.2) is 32.0 Å². The lowest BCUT2D eigenvalue weighted by molar-refractivity contribution is -0.174. The molecule has 8 heteroatoms. The molecule has 1 rings (SSSR count). The van der Waals surface area contributed by atoms with Crippen LogP contribution in [0.3, 0.4) is 0 Å². The smallest absolute Gasteiger partial charge is 0.411 e. The van der Waals surface area contributed by atoms with Gasteiger partial charge in [-0.15, -0.1) is 0 Å². The Morgan fingerprint density at radius 3 is 2.57 bits per heavy atom. The van der Waals surface area contributed by atoms with Crippen LogP contribution in [0.15, 0.2) is 12.1 Å². The molecule has 0 heterocycles. The molecular weight excluding hydrogens is 294 g/mol. The summed E-state index contributed by atoms with van der Waals surface area (Å²) in [6, 6.07) is 2.52. The molecule has 0 saturated carbocycles. The maximum atomic E-state index is 13.7. The van der Waals surface area contributed by atoms with Crippen LogP contribution in [0.25, 0.3) is 0 Å². The molecule has 0 amide bonds. The van der Waals surface area contributed by atoms with Crippen molar-refractivity contribution in [1.82, 2.24) is 0 Å². The number of esters is 1. The van der Waals surface area contributed by atoms with Gasteiger partial charge in [0.05, 0.1) is 18.8 Å². The summed E-state index contributed by atoms with van der Waals surface area (Å²) >= 11 is 0. The summed E-state index contributed by atoms with van der Waals surface area (Å²) < 4.78 is 58.1. The van der Waals surface area contributed by atoms with Crippen molar-refractivity contribution >= 4 is 11.7 Å². The van der Waals surface area contributed by atoms with E-state index in [0.29, 0.717) is 0 Å². The van der Waals surface area contributed by atoms with Crippen molar-refractivity contribution in [3.8, 4) is 0 Å². The number of nitrogen functional groups attached to an aromatic ring is 1. The Labute approximate surface area is 118 Å². The number of rotatable bonds is 6. The van der Waals surface area contributed by atoms with E-state index in [1.165, 1.54) is 13.0 Å². The molecule has 2 N–H and O–H groups in total. The van der Waals surface area contributed by atoms with E-state index in [2.05, 4.69) is 4.74 Å². The summed E-state index contributed by atoms with van der Waals surface area (Å²) in [6.45, 7) is -0.299. The Morgan fingerprint density at radius 2 is 1.95 bits per heavy atom. The number of halogens is 4.